The number of unbranched alkanes of at least 4 members (excludes halogenated alkanes) is 5. The van der Waals surface area contributed by atoms with Gasteiger partial charge in [0.05, 0.1) is 5.21 Å². The van der Waals surface area contributed by atoms with Gasteiger partial charge in [0.25, 0.3) is 0 Å². The van der Waals surface area contributed by atoms with Crippen molar-refractivity contribution in [2.45, 2.75) is 52.0 Å². The summed E-state index contributed by atoms with van der Waals surface area (Å²) in [4.78, 5) is 0. The summed E-state index contributed by atoms with van der Waals surface area (Å²) in [5.41, 5.74) is 2.40. The van der Waals surface area contributed by atoms with Gasteiger partial charge in [-0.2, -0.15) is 0 Å². The van der Waals surface area contributed by atoms with Gasteiger partial charge in [0, 0.05) is 5.56 Å². The van der Waals surface area contributed by atoms with Crippen molar-refractivity contribution in [3.8, 4) is 11.3 Å². The van der Waals surface area contributed by atoms with Crippen LogP contribution in [0.25, 0.3) is 11.3 Å². The molecule has 0 unspecified atom stereocenters. The molecule has 0 spiro atoms. The lowest BCUT2D eigenvalue weighted by molar-refractivity contribution is -0.755. The molecule has 2 rings (SSSR count). The van der Waals surface area contributed by atoms with Crippen LogP contribution >= 0.6 is 0 Å². The highest BCUT2D eigenvalue weighted by Crippen LogP contribution is 2.15. The van der Waals surface area contributed by atoms with Crippen LogP contribution in [0.15, 0.2) is 36.5 Å². The number of rotatable bonds is 8. The maximum Gasteiger partial charge on any atom is 0.197 e. The Hall–Kier alpha value is -0.910. The molecular weight excluding hydrogens is 373 g/mol. The molecule has 4 heteroatoms. The monoisotopic (exact) mass is 399 g/mol. The molecule has 0 aliphatic carbocycles. The summed E-state index contributed by atoms with van der Waals surface area (Å²) in [5.74, 6) is 0. The molecule has 21 heavy (non-hydrogen) atoms. The second kappa shape index (κ2) is 9.92. The van der Waals surface area contributed by atoms with Crippen LogP contribution in [0.4, 0.5) is 0 Å². The molecule has 0 aliphatic rings. The van der Waals surface area contributed by atoms with E-state index < -0.39 is 0 Å². The Bertz CT molecular complexity index is 508. The lowest BCUT2D eigenvalue weighted by atomic mass is 10.1. The summed E-state index contributed by atoms with van der Waals surface area (Å²) in [6, 6.07) is 10.4. The van der Waals surface area contributed by atoms with E-state index in [0.717, 1.165) is 6.54 Å². The Morgan fingerprint density at radius 1 is 1.00 bits per heavy atom. The molecule has 0 amide bonds. The van der Waals surface area contributed by atoms with Gasteiger partial charge in [-0.15, -0.1) is 9.36 Å². The highest BCUT2D eigenvalue weighted by molar-refractivity contribution is 5.57. The minimum Gasteiger partial charge on any atom is -1.00 e. The van der Waals surface area contributed by atoms with Gasteiger partial charge in [0.2, 0.25) is 0 Å². The minimum atomic E-state index is 0. The van der Waals surface area contributed by atoms with Crippen LogP contribution in [0.3, 0.4) is 0 Å². The quantitative estimate of drug-likeness (QED) is 0.365. The van der Waals surface area contributed by atoms with Crippen molar-refractivity contribution in [2.24, 2.45) is 7.05 Å². The van der Waals surface area contributed by atoms with E-state index in [4.69, 9.17) is 0 Å². The minimum absolute atomic E-state index is 0. The van der Waals surface area contributed by atoms with Crippen LogP contribution < -0.4 is 28.7 Å². The van der Waals surface area contributed by atoms with Gasteiger partial charge >= 0.3 is 0 Å². The van der Waals surface area contributed by atoms with Crippen molar-refractivity contribution >= 4 is 0 Å². The number of nitrogens with zero attached hydrogens (tertiary/aromatic N) is 3. The zero-order valence-corrected chi connectivity index (χ0v) is 15.3. The first-order valence-corrected chi connectivity index (χ1v) is 7.80. The van der Waals surface area contributed by atoms with Gasteiger partial charge in [-0.25, -0.2) is 0 Å². The summed E-state index contributed by atoms with van der Waals surface area (Å²) in [6.07, 6.45) is 10.1. The molecule has 0 radical (unpaired) electrons. The second-order valence-corrected chi connectivity index (χ2v) is 5.42. The van der Waals surface area contributed by atoms with Gasteiger partial charge in [0.15, 0.2) is 11.9 Å². The van der Waals surface area contributed by atoms with Crippen molar-refractivity contribution in [3.05, 3.63) is 36.5 Å². The molecule has 0 bridgehead atoms. The van der Waals surface area contributed by atoms with E-state index in [1.807, 2.05) is 17.8 Å². The lowest BCUT2D eigenvalue weighted by Gasteiger charge is -1.97. The van der Waals surface area contributed by atoms with Crippen molar-refractivity contribution < 1.29 is 28.7 Å². The highest BCUT2D eigenvalue weighted by Gasteiger charge is 2.13. The summed E-state index contributed by atoms with van der Waals surface area (Å²) in [7, 11) is 2.01. The first-order valence-electron chi connectivity index (χ1n) is 7.80. The molecule has 0 aliphatic heterocycles. The van der Waals surface area contributed by atoms with E-state index >= 15 is 0 Å². The molecule has 2 aromatic rings. The number of benzene rings is 1. The molecule has 1 aromatic heterocycles. The van der Waals surface area contributed by atoms with Crippen LogP contribution in [0.5, 0.6) is 0 Å². The first kappa shape index (κ1) is 18.1. The van der Waals surface area contributed by atoms with Gasteiger partial charge in [-0.05, 0) is 12.8 Å². The van der Waals surface area contributed by atoms with E-state index in [1.54, 1.807) is 0 Å². The van der Waals surface area contributed by atoms with Crippen LogP contribution in [-0.2, 0) is 13.6 Å². The number of hydrogen-bond acceptors (Lipinski definition) is 1. The molecule has 0 saturated heterocycles. The molecule has 0 fully saturated rings. The maximum absolute atomic E-state index is 4.55. The molecular formula is C17H26IN3. The van der Waals surface area contributed by atoms with E-state index in [9.17, 15) is 0 Å². The normalized spacial score (nSPS) is 10.4. The average Bonchev–Trinajstić information content (AvgIpc) is 2.85. The van der Waals surface area contributed by atoms with Gasteiger partial charge < -0.3 is 24.0 Å². The number of halogens is 1. The fraction of sp³-hybridized carbons (Fsp3) is 0.529. The Balaban J connectivity index is 0.00000220. The Morgan fingerprint density at radius 3 is 2.38 bits per heavy atom. The fourth-order valence-electron chi connectivity index (χ4n) is 2.50. The fourth-order valence-corrected chi connectivity index (χ4v) is 2.50. The molecule has 3 nitrogen and oxygen atoms in total. The van der Waals surface area contributed by atoms with Gasteiger partial charge in [0.1, 0.15) is 13.6 Å². The maximum atomic E-state index is 4.55. The summed E-state index contributed by atoms with van der Waals surface area (Å²) in [6.45, 7) is 3.28. The highest BCUT2D eigenvalue weighted by atomic mass is 127. The summed E-state index contributed by atoms with van der Waals surface area (Å²) < 4.78 is 4.04. The number of hydrogen-bond donors (Lipinski definition) is 0. The molecule has 0 atom stereocenters. The third-order valence-electron chi connectivity index (χ3n) is 3.68. The molecule has 116 valence electrons. The van der Waals surface area contributed by atoms with Crippen LogP contribution in [0.1, 0.15) is 45.4 Å². The SMILES string of the molecule is CCCCCCCC[n+]1cc(-c2ccccc2)n(C)n1.[I-]. The standard InChI is InChI=1S/C17H26N3.HI/c1-3-4-5-6-7-11-14-20-15-17(19(2)18-20)16-12-9-8-10-13-16;/h8-10,12-13,15H,3-7,11,14H2,1-2H3;1H/q+1;/p-1. The predicted octanol–water partition coefficient (Wildman–Crippen LogP) is 0.739. The van der Waals surface area contributed by atoms with E-state index in [0.29, 0.717) is 0 Å². The Kier molecular flexibility index (Phi) is 8.57. The predicted molar refractivity (Wildman–Crippen MR) is 82.2 cm³/mol. The number of aromatic nitrogens is 3. The van der Waals surface area contributed by atoms with Crippen LogP contribution in [0, 0.1) is 0 Å². The van der Waals surface area contributed by atoms with Crippen LogP contribution in [0.2, 0.25) is 0 Å². The van der Waals surface area contributed by atoms with E-state index in [-0.39, 0.29) is 24.0 Å². The second-order valence-electron chi connectivity index (χ2n) is 5.42. The van der Waals surface area contributed by atoms with Crippen molar-refractivity contribution in [3.63, 3.8) is 0 Å². The third kappa shape index (κ3) is 5.77. The molecule has 0 N–H and O–H groups in total. The van der Waals surface area contributed by atoms with E-state index in [2.05, 4.69) is 47.3 Å². The topological polar surface area (TPSA) is 21.7 Å². The zero-order chi connectivity index (χ0) is 14.2. The van der Waals surface area contributed by atoms with E-state index in [1.165, 1.54) is 49.8 Å². The van der Waals surface area contributed by atoms with Crippen LogP contribution in [-0.4, -0.2) is 9.90 Å². The lowest BCUT2D eigenvalue weighted by Crippen LogP contribution is -3.00. The Labute approximate surface area is 145 Å². The van der Waals surface area contributed by atoms with Gasteiger partial charge in [-0.3, -0.25) is 0 Å². The van der Waals surface area contributed by atoms with Gasteiger partial charge in [-0.1, -0.05) is 62.9 Å². The molecule has 1 aromatic carbocycles. The zero-order valence-electron chi connectivity index (χ0n) is 13.1. The smallest absolute Gasteiger partial charge is 0.197 e. The number of aryl methyl sites for hydroxylation is 2. The summed E-state index contributed by atoms with van der Waals surface area (Å²) in [5, 5.41) is 4.55. The first-order chi connectivity index (χ1) is 9.81. The van der Waals surface area contributed by atoms with Crippen molar-refractivity contribution in [1.29, 1.82) is 0 Å². The van der Waals surface area contributed by atoms with Crippen molar-refractivity contribution in [1.82, 2.24) is 9.90 Å². The Morgan fingerprint density at radius 2 is 1.67 bits per heavy atom. The summed E-state index contributed by atoms with van der Waals surface area (Å²) >= 11 is 0. The largest absolute Gasteiger partial charge is 1.00 e. The average molecular weight is 399 g/mol. The third-order valence-corrected chi connectivity index (χ3v) is 3.68. The molecule has 0 saturated carbocycles. The molecule has 1 heterocycles. The van der Waals surface area contributed by atoms with Crippen molar-refractivity contribution in [2.75, 3.05) is 0 Å².